The molecule has 0 amide bonds. The SMILES string of the molecule is Cc1nc(CN2CCC(C(N)=NO)CC2)cs1. The number of rotatable bonds is 3. The van der Waals surface area contributed by atoms with Crippen molar-refractivity contribution in [1.82, 2.24) is 9.88 Å². The zero-order chi connectivity index (χ0) is 12.3. The Morgan fingerprint density at radius 2 is 2.35 bits per heavy atom. The number of nitrogens with zero attached hydrogens (tertiary/aromatic N) is 3. The first-order chi connectivity index (χ1) is 8.19. The molecular weight excluding hydrogens is 236 g/mol. The molecule has 1 aromatic rings. The largest absolute Gasteiger partial charge is 0.409 e. The van der Waals surface area contributed by atoms with Crippen molar-refractivity contribution in [3.63, 3.8) is 0 Å². The summed E-state index contributed by atoms with van der Waals surface area (Å²) < 4.78 is 0. The molecule has 0 atom stereocenters. The fourth-order valence-corrected chi connectivity index (χ4v) is 2.78. The summed E-state index contributed by atoms with van der Waals surface area (Å²) in [5, 5.41) is 15.0. The third-order valence-corrected chi connectivity index (χ3v) is 4.00. The van der Waals surface area contributed by atoms with E-state index >= 15 is 0 Å². The standard InChI is InChI=1S/C11H18N4OS/c1-8-13-10(7-17-8)6-15-4-2-9(3-5-15)11(12)14-16/h7,9,16H,2-6H2,1H3,(H2,12,14). The summed E-state index contributed by atoms with van der Waals surface area (Å²) in [5.41, 5.74) is 6.77. The number of piperidine rings is 1. The lowest BCUT2D eigenvalue weighted by Gasteiger charge is -2.30. The van der Waals surface area contributed by atoms with Crippen molar-refractivity contribution in [3.05, 3.63) is 16.1 Å². The van der Waals surface area contributed by atoms with E-state index in [1.807, 2.05) is 6.92 Å². The molecule has 0 saturated carbocycles. The molecule has 3 N–H and O–H groups in total. The number of amidine groups is 1. The molecular formula is C11H18N4OS. The maximum Gasteiger partial charge on any atom is 0.142 e. The van der Waals surface area contributed by atoms with Crippen LogP contribution in [0, 0.1) is 12.8 Å². The quantitative estimate of drug-likeness (QED) is 0.370. The van der Waals surface area contributed by atoms with Gasteiger partial charge in [0.2, 0.25) is 0 Å². The van der Waals surface area contributed by atoms with Gasteiger partial charge in [-0.2, -0.15) is 0 Å². The molecule has 0 radical (unpaired) electrons. The number of aromatic nitrogens is 1. The minimum atomic E-state index is 0.230. The van der Waals surface area contributed by atoms with Gasteiger partial charge in [0.05, 0.1) is 10.7 Å². The fourth-order valence-electron chi connectivity index (χ4n) is 2.18. The van der Waals surface area contributed by atoms with Crippen molar-refractivity contribution in [2.45, 2.75) is 26.3 Å². The Hall–Kier alpha value is -1.14. The van der Waals surface area contributed by atoms with E-state index in [1.165, 1.54) is 0 Å². The Morgan fingerprint density at radius 1 is 1.65 bits per heavy atom. The lowest BCUT2D eigenvalue weighted by molar-refractivity contribution is 0.197. The molecule has 94 valence electrons. The molecule has 17 heavy (non-hydrogen) atoms. The lowest BCUT2D eigenvalue weighted by Crippen LogP contribution is -2.38. The second-order valence-electron chi connectivity index (χ2n) is 4.43. The van der Waals surface area contributed by atoms with E-state index in [0.29, 0.717) is 5.84 Å². The fraction of sp³-hybridized carbons (Fsp3) is 0.636. The number of thiazole rings is 1. The van der Waals surface area contributed by atoms with Crippen LogP contribution in [0.15, 0.2) is 10.5 Å². The minimum absolute atomic E-state index is 0.230. The van der Waals surface area contributed by atoms with Crippen molar-refractivity contribution < 1.29 is 5.21 Å². The lowest BCUT2D eigenvalue weighted by atomic mass is 9.96. The molecule has 2 heterocycles. The monoisotopic (exact) mass is 254 g/mol. The predicted octanol–water partition coefficient (Wildman–Crippen LogP) is 1.41. The Bertz CT molecular complexity index is 396. The molecule has 0 spiro atoms. The highest BCUT2D eigenvalue weighted by Gasteiger charge is 2.22. The topological polar surface area (TPSA) is 74.7 Å². The van der Waals surface area contributed by atoms with E-state index in [1.54, 1.807) is 11.3 Å². The highest BCUT2D eigenvalue weighted by molar-refractivity contribution is 7.09. The molecule has 0 aliphatic carbocycles. The predicted molar refractivity (Wildman–Crippen MR) is 68.3 cm³/mol. The van der Waals surface area contributed by atoms with Crippen LogP contribution in [0.25, 0.3) is 0 Å². The maximum atomic E-state index is 8.63. The molecule has 6 heteroatoms. The third kappa shape index (κ3) is 3.17. The van der Waals surface area contributed by atoms with Crippen LogP contribution >= 0.6 is 11.3 Å². The van der Waals surface area contributed by atoms with Crippen LogP contribution in [0.5, 0.6) is 0 Å². The first kappa shape index (κ1) is 12.3. The molecule has 1 aliphatic rings. The van der Waals surface area contributed by atoms with E-state index in [4.69, 9.17) is 10.9 Å². The van der Waals surface area contributed by atoms with Crippen molar-refractivity contribution in [2.75, 3.05) is 13.1 Å². The van der Waals surface area contributed by atoms with Crippen LogP contribution in [-0.2, 0) is 6.54 Å². The van der Waals surface area contributed by atoms with Gasteiger partial charge in [-0.1, -0.05) is 5.16 Å². The second kappa shape index (κ2) is 5.46. The Kier molecular flexibility index (Phi) is 3.96. The van der Waals surface area contributed by atoms with Gasteiger partial charge in [0.1, 0.15) is 5.84 Å². The molecule has 0 aromatic carbocycles. The van der Waals surface area contributed by atoms with Crippen molar-refractivity contribution in [2.24, 2.45) is 16.8 Å². The van der Waals surface area contributed by atoms with E-state index in [-0.39, 0.29) is 5.92 Å². The van der Waals surface area contributed by atoms with Crippen LogP contribution < -0.4 is 5.73 Å². The van der Waals surface area contributed by atoms with E-state index in [0.717, 1.165) is 43.2 Å². The van der Waals surface area contributed by atoms with Gasteiger partial charge in [-0.05, 0) is 32.9 Å². The maximum absolute atomic E-state index is 8.63. The van der Waals surface area contributed by atoms with Crippen LogP contribution in [0.3, 0.4) is 0 Å². The van der Waals surface area contributed by atoms with E-state index in [9.17, 15) is 0 Å². The van der Waals surface area contributed by atoms with Crippen LogP contribution in [0.1, 0.15) is 23.5 Å². The smallest absolute Gasteiger partial charge is 0.142 e. The van der Waals surface area contributed by atoms with Gasteiger partial charge in [-0.25, -0.2) is 4.98 Å². The van der Waals surface area contributed by atoms with Gasteiger partial charge in [-0.3, -0.25) is 4.90 Å². The molecule has 1 aliphatic heterocycles. The first-order valence-corrected chi connectivity index (χ1v) is 6.68. The average Bonchev–Trinajstić information content (AvgIpc) is 2.75. The van der Waals surface area contributed by atoms with Gasteiger partial charge in [-0.15, -0.1) is 11.3 Å². The Morgan fingerprint density at radius 3 is 2.88 bits per heavy atom. The molecule has 1 fully saturated rings. The van der Waals surface area contributed by atoms with Gasteiger partial charge in [0, 0.05) is 17.8 Å². The molecule has 5 nitrogen and oxygen atoms in total. The highest BCUT2D eigenvalue weighted by Crippen LogP contribution is 2.19. The van der Waals surface area contributed by atoms with Crippen LogP contribution in [0.2, 0.25) is 0 Å². The van der Waals surface area contributed by atoms with Gasteiger partial charge in [0.15, 0.2) is 0 Å². The van der Waals surface area contributed by atoms with Crippen LogP contribution in [0.4, 0.5) is 0 Å². The molecule has 2 rings (SSSR count). The average molecular weight is 254 g/mol. The minimum Gasteiger partial charge on any atom is -0.409 e. The Labute approximate surface area is 105 Å². The summed E-state index contributed by atoms with van der Waals surface area (Å²) in [5.74, 6) is 0.600. The number of oxime groups is 1. The van der Waals surface area contributed by atoms with Crippen LogP contribution in [-0.4, -0.2) is 34.0 Å². The summed E-state index contributed by atoms with van der Waals surface area (Å²) in [6, 6.07) is 0. The third-order valence-electron chi connectivity index (χ3n) is 3.17. The summed E-state index contributed by atoms with van der Waals surface area (Å²) >= 11 is 1.69. The number of likely N-dealkylation sites (tertiary alicyclic amines) is 1. The molecule has 0 unspecified atom stereocenters. The van der Waals surface area contributed by atoms with E-state index < -0.39 is 0 Å². The first-order valence-electron chi connectivity index (χ1n) is 5.80. The normalized spacial score (nSPS) is 19.7. The van der Waals surface area contributed by atoms with Gasteiger partial charge in [0.25, 0.3) is 0 Å². The van der Waals surface area contributed by atoms with Gasteiger partial charge < -0.3 is 10.9 Å². The zero-order valence-corrected chi connectivity index (χ0v) is 10.8. The summed E-state index contributed by atoms with van der Waals surface area (Å²) in [7, 11) is 0. The second-order valence-corrected chi connectivity index (χ2v) is 5.50. The number of hydrogen-bond acceptors (Lipinski definition) is 5. The van der Waals surface area contributed by atoms with Crippen molar-refractivity contribution >= 4 is 17.2 Å². The highest BCUT2D eigenvalue weighted by atomic mass is 32.1. The molecule has 0 bridgehead atoms. The Balaban J connectivity index is 1.83. The van der Waals surface area contributed by atoms with Crippen molar-refractivity contribution in [3.8, 4) is 0 Å². The number of hydrogen-bond donors (Lipinski definition) is 2. The van der Waals surface area contributed by atoms with Gasteiger partial charge >= 0.3 is 0 Å². The number of aryl methyl sites for hydroxylation is 1. The summed E-state index contributed by atoms with van der Waals surface area (Å²) in [6.45, 7) is 4.90. The van der Waals surface area contributed by atoms with Crippen molar-refractivity contribution in [1.29, 1.82) is 0 Å². The zero-order valence-electron chi connectivity index (χ0n) is 9.96. The number of nitrogens with two attached hydrogens (primary N) is 1. The summed E-state index contributed by atoms with van der Waals surface area (Å²) in [4.78, 5) is 6.83. The van der Waals surface area contributed by atoms with E-state index in [2.05, 4.69) is 20.4 Å². The summed E-state index contributed by atoms with van der Waals surface area (Å²) in [6.07, 6.45) is 1.91. The molecule has 1 aromatic heterocycles. The molecule has 1 saturated heterocycles.